The van der Waals surface area contributed by atoms with Crippen molar-refractivity contribution in [2.45, 2.75) is 6.10 Å². The minimum Gasteiger partial charge on any atom is -0.504 e. The van der Waals surface area contributed by atoms with Crippen molar-refractivity contribution in [3.8, 4) is 11.5 Å². The Kier molecular flexibility index (Phi) is 3.86. The number of hydrogen-bond donors (Lipinski definition) is 2. The predicted octanol–water partition coefficient (Wildman–Crippen LogP) is 1.96. The molecule has 1 fully saturated rings. The minimum absolute atomic E-state index is 0.128. The normalized spacial score (nSPS) is 20.3. The number of aromatic hydroxyl groups is 1. The van der Waals surface area contributed by atoms with Crippen LogP contribution in [0.5, 0.6) is 11.5 Å². The first-order valence-corrected chi connectivity index (χ1v) is 6.01. The maximum Gasteiger partial charge on any atom is 0.166 e. The first-order valence-electron chi connectivity index (χ1n) is 5.22. The lowest BCUT2D eigenvalue weighted by Gasteiger charge is -2.25. The van der Waals surface area contributed by atoms with Gasteiger partial charge in [0.1, 0.15) is 11.9 Å². The van der Waals surface area contributed by atoms with Crippen molar-refractivity contribution in [3.05, 3.63) is 21.9 Å². The molecule has 0 aliphatic carbocycles. The summed E-state index contributed by atoms with van der Waals surface area (Å²) in [6.07, 6.45) is -0.504. The zero-order valence-electron chi connectivity index (χ0n) is 9.30. The van der Waals surface area contributed by atoms with Crippen molar-refractivity contribution in [2.75, 3.05) is 26.8 Å². The molecule has 1 heterocycles. The first-order chi connectivity index (χ1) is 8.15. The van der Waals surface area contributed by atoms with Crippen molar-refractivity contribution in [1.29, 1.82) is 0 Å². The number of rotatable bonds is 2. The molecule has 1 aromatic carbocycles. The van der Waals surface area contributed by atoms with Crippen LogP contribution in [0, 0.1) is 5.82 Å². The highest BCUT2D eigenvalue weighted by molar-refractivity contribution is 9.10. The second-order valence-electron chi connectivity index (χ2n) is 3.70. The molecule has 1 unspecified atom stereocenters. The second kappa shape index (κ2) is 5.20. The van der Waals surface area contributed by atoms with Crippen molar-refractivity contribution in [2.24, 2.45) is 0 Å². The van der Waals surface area contributed by atoms with Crippen LogP contribution in [0.1, 0.15) is 11.7 Å². The van der Waals surface area contributed by atoms with Gasteiger partial charge >= 0.3 is 0 Å². The third-order valence-electron chi connectivity index (χ3n) is 2.66. The molecule has 1 saturated heterocycles. The standard InChI is InChI=1S/C11H13BrFNO3/c1-16-7-4-6(12)10(13)9(11(7)15)8-5-14-2-3-17-8/h4,8,14-15H,2-3,5H2,1H3. The molecule has 2 N–H and O–H groups in total. The van der Waals surface area contributed by atoms with E-state index in [0.717, 1.165) is 6.54 Å². The first kappa shape index (κ1) is 12.6. The fraction of sp³-hybridized carbons (Fsp3) is 0.455. The Balaban J connectivity index is 2.46. The van der Waals surface area contributed by atoms with Gasteiger partial charge in [-0.1, -0.05) is 0 Å². The summed E-state index contributed by atoms with van der Waals surface area (Å²) in [5.74, 6) is -0.499. The zero-order valence-corrected chi connectivity index (χ0v) is 10.9. The molecule has 0 radical (unpaired) electrons. The van der Waals surface area contributed by atoms with Crippen molar-refractivity contribution < 1.29 is 19.0 Å². The number of morpholine rings is 1. The van der Waals surface area contributed by atoms with Crippen LogP contribution in [0.3, 0.4) is 0 Å². The Morgan fingerprint density at radius 1 is 1.65 bits per heavy atom. The van der Waals surface area contributed by atoms with E-state index in [-0.39, 0.29) is 21.5 Å². The van der Waals surface area contributed by atoms with Crippen LogP contribution in [-0.4, -0.2) is 31.9 Å². The summed E-state index contributed by atoms with van der Waals surface area (Å²) < 4.78 is 24.7. The van der Waals surface area contributed by atoms with Gasteiger partial charge in [0.25, 0.3) is 0 Å². The van der Waals surface area contributed by atoms with E-state index >= 15 is 0 Å². The molecule has 4 nitrogen and oxygen atoms in total. The molecule has 2 rings (SSSR count). The third-order valence-corrected chi connectivity index (χ3v) is 3.24. The smallest absolute Gasteiger partial charge is 0.166 e. The lowest BCUT2D eigenvalue weighted by Crippen LogP contribution is -2.33. The molecule has 1 atom stereocenters. The second-order valence-corrected chi connectivity index (χ2v) is 4.55. The van der Waals surface area contributed by atoms with Gasteiger partial charge in [0.15, 0.2) is 11.5 Å². The Hall–Kier alpha value is -0.850. The van der Waals surface area contributed by atoms with Crippen LogP contribution in [0.4, 0.5) is 4.39 Å². The number of phenols is 1. The largest absolute Gasteiger partial charge is 0.504 e. The molecule has 6 heteroatoms. The molecule has 0 bridgehead atoms. The molecule has 1 aromatic rings. The molecule has 0 spiro atoms. The fourth-order valence-electron chi connectivity index (χ4n) is 1.81. The van der Waals surface area contributed by atoms with E-state index in [1.165, 1.54) is 13.2 Å². The number of methoxy groups -OCH3 is 1. The van der Waals surface area contributed by atoms with Crippen LogP contribution in [0.2, 0.25) is 0 Å². The van der Waals surface area contributed by atoms with E-state index in [9.17, 15) is 9.50 Å². The predicted molar refractivity (Wildman–Crippen MR) is 63.9 cm³/mol. The minimum atomic E-state index is -0.517. The Morgan fingerprint density at radius 3 is 3.00 bits per heavy atom. The molecular weight excluding hydrogens is 293 g/mol. The quantitative estimate of drug-likeness (QED) is 0.877. The monoisotopic (exact) mass is 305 g/mol. The number of benzene rings is 1. The highest BCUT2D eigenvalue weighted by Gasteiger charge is 2.27. The lowest BCUT2D eigenvalue weighted by molar-refractivity contribution is 0.0237. The molecule has 0 saturated carbocycles. The summed E-state index contributed by atoms with van der Waals surface area (Å²) in [6, 6.07) is 1.39. The van der Waals surface area contributed by atoms with Crippen LogP contribution >= 0.6 is 15.9 Å². The van der Waals surface area contributed by atoms with E-state index < -0.39 is 11.9 Å². The zero-order chi connectivity index (χ0) is 12.4. The average Bonchev–Trinajstić information content (AvgIpc) is 2.35. The lowest BCUT2D eigenvalue weighted by atomic mass is 10.1. The molecule has 94 valence electrons. The van der Waals surface area contributed by atoms with E-state index in [1.807, 2.05) is 0 Å². The Morgan fingerprint density at radius 2 is 2.41 bits per heavy atom. The van der Waals surface area contributed by atoms with E-state index in [4.69, 9.17) is 9.47 Å². The van der Waals surface area contributed by atoms with Gasteiger partial charge in [0.05, 0.1) is 23.8 Å². The molecule has 17 heavy (non-hydrogen) atoms. The number of phenolic OH excluding ortho intramolecular Hbond substituents is 1. The van der Waals surface area contributed by atoms with Gasteiger partial charge in [0, 0.05) is 19.2 Å². The number of ether oxygens (including phenoxy) is 2. The van der Waals surface area contributed by atoms with Crippen LogP contribution in [-0.2, 0) is 4.74 Å². The van der Waals surface area contributed by atoms with E-state index in [2.05, 4.69) is 21.2 Å². The van der Waals surface area contributed by atoms with Gasteiger partial charge in [-0.2, -0.15) is 0 Å². The van der Waals surface area contributed by atoms with E-state index in [1.54, 1.807) is 0 Å². The van der Waals surface area contributed by atoms with Gasteiger partial charge in [-0.25, -0.2) is 4.39 Å². The van der Waals surface area contributed by atoms with Crippen LogP contribution < -0.4 is 10.1 Å². The summed E-state index contributed by atoms with van der Waals surface area (Å²) >= 11 is 3.10. The fourth-order valence-corrected chi connectivity index (χ4v) is 2.23. The van der Waals surface area contributed by atoms with Gasteiger partial charge in [-0.3, -0.25) is 0 Å². The number of nitrogens with one attached hydrogen (secondary N) is 1. The molecular formula is C11H13BrFNO3. The number of hydrogen-bond acceptors (Lipinski definition) is 4. The summed E-state index contributed by atoms with van der Waals surface area (Å²) in [7, 11) is 1.42. The SMILES string of the molecule is COc1cc(Br)c(F)c(C2CNCCO2)c1O. The Bertz CT molecular complexity index is 422. The summed E-state index contributed by atoms with van der Waals surface area (Å²) in [6.45, 7) is 1.67. The highest BCUT2D eigenvalue weighted by Crippen LogP contribution is 2.40. The molecule has 0 amide bonds. The summed E-state index contributed by atoms with van der Waals surface area (Å²) in [5, 5.41) is 13.0. The summed E-state index contributed by atoms with van der Waals surface area (Å²) in [4.78, 5) is 0. The van der Waals surface area contributed by atoms with Gasteiger partial charge < -0.3 is 19.9 Å². The van der Waals surface area contributed by atoms with Gasteiger partial charge in [0.2, 0.25) is 0 Å². The van der Waals surface area contributed by atoms with Crippen molar-refractivity contribution in [3.63, 3.8) is 0 Å². The molecule has 0 aromatic heterocycles. The maximum absolute atomic E-state index is 14.0. The summed E-state index contributed by atoms with van der Waals surface area (Å²) in [5.41, 5.74) is 0.128. The topological polar surface area (TPSA) is 50.7 Å². The van der Waals surface area contributed by atoms with E-state index in [0.29, 0.717) is 13.2 Å². The highest BCUT2D eigenvalue weighted by atomic mass is 79.9. The van der Waals surface area contributed by atoms with Crippen LogP contribution in [0.15, 0.2) is 10.5 Å². The van der Waals surface area contributed by atoms with Crippen molar-refractivity contribution >= 4 is 15.9 Å². The Labute approximate surface area is 107 Å². The maximum atomic E-state index is 14.0. The molecule has 1 aliphatic heterocycles. The number of halogens is 2. The van der Waals surface area contributed by atoms with Crippen LogP contribution in [0.25, 0.3) is 0 Å². The van der Waals surface area contributed by atoms with Crippen molar-refractivity contribution in [1.82, 2.24) is 5.32 Å². The van der Waals surface area contributed by atoms with Gasteiger partial charge in [-0.05, 0) is 15.9 Å². The van der Waals surface area contributed by atoms with Gasteiger partial charge in [-0.15, -0.1) is 0 Å². The molecule has 1 aliphatic rings. The average molecular weight is 306 g/mol. The third kappa shape index (κ3) is 2.38.